The van der Waals surface area contributed by atoms with Gasteiger partial charge in [0.1, 0.15) is 5.75 Å². The van der Waals surface area contributed by atoms with Gasteiger partial charge in [-0.25, -0.2) is 5.43 Å². The van der Waals surface area contributed by atoms with Crippen molar-refractivity contribution in [1.82, 2.24) is 5.43 Å². The number of nitrogens with one attached hydrogen (secondary N) is 2. The minimum absolute atomic E-state index is 0.124. The monoisotopic (exact) mass is 367 g/mol. The number of halogens is 1. The molecule has 2 N–H and O–H groups in total. The highest BCUT2D eigenvalue weighted by molar-refractivity contribution is 6.32. The molecule has 0 unspecified atom stereocenters. The fraction of sp³-hybridized carbons (Fsp3) is 0.100. The summed E-state index contributed by atoms with van der Waals surface area (Å²) in [6.07, 6.45) is 1.53. The van der Waals surface area contributed by atoms with Crippen molar-refractivity contribution in [1.29, 1.82) is 0 Å². The number of nitrogens with zero attached hydrogens (tertiary/aromatic N) is 1. The maximum atomic E-state index is 11.9. The van der Waals surface area contributed by atoms with E-state index >= 15 is 0 Å². The Hall–Kier alpha value is -3.05. The van der Waals surface area contributed by atoms with Gasteiger partial charge in [-0.3, -0.25) is 4.79 Å². The van der Waals surface area contributed by atoms with Crippen molar-refractivity contribution in [2.45, 2.75) is 0 Å². The van der Waals surface area contributed by atoms with E-state index in [0.717, 1.165) is 22.0 Å². The Kier molecular flexibility index (Phi) is 5.71. The van der Waals surface area contributed by atoms with Crippen LogP contribution in [0.2, 0.25) is 5.02 Å². The van der Waals surface area contributed by atoms with E-state index in [2.05, 4.69) is 15.8 Å². The minimum atomic E-state index is -0.242. The van der Waals surface area contributed by atoms with Gasteiger partial charge >= 0.3 is 0 Å². The first-order chi connectivity index (χ1) is 12.7. The highest BCUT2D eigenvalue weighted by Crippen LogP contribution is 2.24. The Morgan fingerprint density at radius 1 is 1.12 bits per heavy atom. The van der Waals surface area contributed by atoms with E-state index < -0.39 is 0 Å². The number of methoxy groups -OCH3 is 1. The van der Waals surface area contributed by atoms with Crippen LogP contribution in [0.1, 0.15) is 5.56 Å². The van der Waals surface area contributed by atoms with Crippen molar-refractivity contribution in [2.24, 2.45) is 5.10 Å². The largest absolute Gasteiger partial charge is 0.495 e. The molecule has 0 aromatic heterocycles. The van der Waals surface area contributed by atoms with Gasteiger partial charge < -0.3 is 10.1 Å². The number of anilines is 1. The fourth-order valence-electron chi connectivity index (χ4n) is 2.46. The van der Waals surface area contributed by atoms with Crippen molar-refractivity contribution in [3.05, 3.63) is 71.2 Å². The second-order valence-corrected chi connectivity index (χ2v) is 6.01. The van der Waals surface area contributed by atoms with E-state index in [4.69, 9.17) is 16.3 Å². The average Bonchev–Trinajstić information content (AvgIpc) is 2.66. The molecule has 0 bridgehead atoms. The number of hydrazone groups is 1. The third-order valence-electron chi connectivity index (χ3n) is 3.78. The Balaban J connectivity index is 1.52. The standard InChI is InChI=1S/C20H18ClN3O2/c1-26-19-9-6-14(10-18(19)21)12-23-24-20(25)13-22-17-8-7-15-4-2-3-5-16(15)11-17/h2-12,22H,13H2,1H3,(H,24,25). The normalized spacial score (nSPS) is 10.8. The van der Waals surface area contributed by atoms with E-state index in [1.54, 1.807) is 25.3 Å². The third kappa shape index (κ3) is 4.52. The molecular weight excluding hydrogens is 350 g/mol. The van der Waals surface area contributed by atoms with Gasteiger partial charge in [0.05, 0.1) is 24.9 Å². The van der Waals surface area contributed by atoms with Crippen molar-refractivity contribution in [2.75, 3.05) is 19.0 Å². The molecule has 0 aliphatic carbocycles. The smallest absolute Gasteiger partial charge is 0.259 e. The van der Waals surface area contributed by atoms with E-state index in [-0.39, 0.29) is 12.5 Å². The van der Waals surface area contributed by atoms with Gasteiger partial charge in [0.15, 0.2) is 0 Å². The lowest BCUT2D eigenvalue weighted by atomic mass is 10.1. The van der Waals surface area contributed by atoms with Crippen LogP contribution in [0, 0.1) is 0 Å². The van der Waals surface area contributed by atoms with Crippen LogP contribution in [-0.2, 0) is 4.79 Å². The van der Waals surface area contributed by atoms with Gasteiger partial charge in [-0.1, -0.05) is 41.9 Å². The summed E-state index contributed by atoms with van der Waals surface area (Å²) < 4.78 is 5.09. The molecule has 0 atom stereocenters. The number of ether oxygens (including phenoxy) is 1. The van der Waals surface area contributed by atoms with E-state index in [9.17, 15) is 4.79 Å². The second-order valence-electron chi connectivity index (χ2n) is 5.60. The van der Waals surface area contributed by atoms with Crippen LogP contribution in [0.15, 0.2) is 65.8 Å². The lowest BCUT2D eigenvalue weighted by Gasteiger charge is -2.07. The lowest BCUT2D eigenvalue weighted by Crippen LogP contribution is -2.25. The molecule has 132 valence electrons. The molecule has 0 saturated carbocycles. The van der Waals surface area contributed by atoms with Crippen LogP contribution in [-0.4, -0.2) is 25.8 Å². The Labute approximate surface area is 156 Å². The number of carbonyl (C=O) groups is 1. The second kappa shape index (κ2) is 8.36. The molecule has 0 heterocycles. The van der Waals surface area contributed by atoms with Crippen molar-refractivity contribution in [3.63, 3.8) is 0 Å². The van der Waals surface area contributed by atoms with Crippen LogP contribution in [0.5, 0.6) is 5.75 Å². The van der Waals surface area contributed by atoms with Crippen molar-refractivity contribution < 1.29 is 9.53 Å². The van der Waals surface area contributed by atoms with Gasteiger partial charge in [-0.05, 0) is 46.7 Å². The summed E-state index contributed by atoms with van der Waals surface area (Å²) in [6, 6.07) is 19.3. The van der Waals surface area contributed by atoms with Crippen LogP contribution in [0.25, 0.3) is 10.8 Å². The van der Waals surface area contributed by atoms with Crippen LogP contribution < -0.4 is 15.5 Å². The lowest BCUT2D eigenvalue weighted by molar-refractivity contribution is -0.119. The maximum absolute atomic E-state index is 11.9. The van der Waals surface area contributed by atoms with Gasteiger partial charge in [-0.15, -0.1) is 0 Å². The van der Waals surface area contributed by atoms with Gasteiger partial charge in [0, 0.05) is 5.69 Å². The van der Waals surface area contributed by atoms with E-state index in [1.807, 2.05) is 42.5 Å². The zero-order valence-electron chi connectivity index (χ0n) is 14.2. The molecule has 0 fully saturated rings. The highest BCUT2D eigenvalue weighted by Gasteiger charge is 2.02. The summed E-state index contributed by atoms with van der Waals surface area (Å²) in [5.41, 5.74) is 4.12. The van der Waals surface area contributed by atoms with Gasteiger partial charge in [-0.2, -0.15) is 5.10 Å². The zero-order valence-corrected chi connectivity index (χ0v) is 15.0. The SMILES string of the molecule is COc1ccc(C=NNC(=O)CNc2ccc3ccccc3c2)cc1Cl. The molecule has 0 radical (unpaired) electrons. The Morgan fingerprint density at radius 3 is 2.69 bits per heavy atom. The molecule has 0 aliphatic rings. The molecule has 3 rings (SSSR count). The average molecular weight is 368 g/mol. The van der Waals surface area contributed by atoms with Gasteiger partial charge in [0.25, 0.3) is 5.91 Å². The van der Waals surface area contributed by atoms with Crippen LogP contribution in [0.4, 0.5) is 5.69 Å². The van der Waals surface area contributed by atoms with Gasteiger partial charge in [0.2, 0.25) is 0 Å². The predicted molar refractivity (Wildman–Crippen MR) is 106 cm³/mol. The zero-order chi connectivity index (χ0) is 18.4. The summed E-state index contributed by atoms with van der Waals surface area (Å²) in [7, 11) is 1.55. The minimum Gasteiger partial charge on any atom is -0.495 e. The molecular formula is C20H18ClN3O2. The summed E-state index contributed by atoms with van der Waals surface area (Å²) in [6.45, 7) is 0.124. The van der Waals surface area contributed by atoms with E-state index in [0.29, 0.717) is 10.8 Å². The first-order valence-corrected chi connectivity index (χ1v) is 8.41. The summed E-state index contributed by atoms with van der Waals surface area (Å²) in [5.74, 6) is 0.349. The topological polar surface area (TPSA) is 62.7 Å². The summed E-state index contributed by atoms with van der Waals surface area (Å²) in [5, 5.41) is 9.78. The highest BCUT2D eigenvalue weighted by atomic mass is 35.5. The Bertz CT molecular complexity index is 957. The number of hydrogen-bond donors (Lipinski definition) is 2. The molecule has 0 spiro atoms. The number of hydrogen-bond acceptors (Lipinski definition) is 4. The molecule has 5 nitrogen and oxygen atoms in total. The molecule has 0 aliphatic heterocycles. The molecule has 0 saturated heterocycles. The predicted octanol–water partition coefficient (Wildman–Crippen LogP) is 4.06. The molecule has 1 amide bonds. The molecule has 26 heavy (non-hydrogen) atoms. The van der Waals surface area contributed by atoms with Crippen molar-refractivity contribution >= 4 is 40.2 Å². The molecule has 3 aromatic rings. The Morgan fingerprint density at radius 2 is 1.92 bits per heavy atom. The van der Waals surface area contributed by atoms with Crippen molar-refractivity contribution in [3.8, 4) is 5.75 Å². The first-order valence-electron chi connectivity index (χ1n) is 8.04. The molecule has 6 heteroatoms. The van der Waals surface area contributed by atoms with Crippen LogP contribution in [0.3, 0.4) is 0 Å². The molecule has 3 aromatic carbocycles. The maximum Gasteiger partial charge on any atom is 0.259 e. The van der Waals surface area contributed by atoms with Crippen LogP contribution >= 0.6 is 11.6 Å². The summed E-state index contributed by atoms with van der Waals surface area (Å²) >= 11 is 6.05. The summed E-state index contributed by atoms with van der Waals surface area (Å²) in [4.78, 5) is 11.9. The fourth-order valence-corrected chi connectivity index (χ4v) is 2.73. The third-order valence-corrected chi connectivity index (χ3v) is 4.08. The van der Waals surface area contributed by atoms with E-state index in [1.165, 1.54) is 6.21 Å². The number of fused-ring (bicyclic) bond motifs is 1. The number of carbonyl (C=O) groups excluding carboxylic acids is 1. The quantitative estimate of drug-likeness (QED) is 0.510. The number of benzene rings is 3. The number of amides is 1. The first kappa shape index (κ1) is 17.8. The number of rotatable bonds is 6.